The Kier molecular flexibility index (Phi) is 9.27. The number of hydrogen-bond acceptors (Lipinski definition) is 3. The first-order chi connectivity index (χ1) is 6.07. The Morgan fingerprint density at radius 3 is 2.36 bits per heavy atom. The van der Waals surface area contributed by atoms with Gasteiger partial charge < -0.3 is 21.6 Å². The van der Waals surface area contributed by atoms with Gasteiger partial charge in [0.2, 0.25) is 5.91 Å². The molecule has 0 unspecified atom stereocenters. The van der Waals surface area contributed by atoms with Gasteiger partial charge in [0.25, 0.3) is 0 Å². The molecule has 0 heterocycles. The lowest BCUT2D eigenvalue weighted by Gasteiger charge is -2.12. The summed E-state index contributed by atoms with van der Waals surface area (Å²) in [5.74, 6) is -1.31. The van der Waals surface area contributed by atoms with Crippen molar-refractivity contribution in [2.24, 2.45) is 5.73 Å². The van der Waals surface area contributed by atoms with Crippen molar-refractivity contribution in [3.8, 4) is 0 Å². The molecule has 0 aromatic heterocycles. The number of unbranched alkanes of at least 4 members (excludes halogenated alkanes) is 1. The van der Waals surface area contributed by atoms with Gasteiger partial charge in [-0.25, -0.2) is 4.79 Å². The summed E-state index contributed by atoms with van der Waals surface area (Å²) in [7, 11) is 0. The monoisotopic (exact) mass is 206 g/mol. The lowest BCUT2D eigenvalue weighted by Crippen LogP contribution is -2.39. The number of carboxylic acid groups (broad SMARTS) is 1. The number of hydrogen-bond donors (Lipinski definition) is 3. The van der Waals surface area contributed by atoms with E-state index < -0.39 is 12.0 Å². The van der Waals surface area contributed by atoms with Crippen molar-refractivity contribution in [2.75, 3.05) is 6.54 Å². The fourth-order valence-electron chi connectivity index (χ4n) is 0.996. The second-order valence-electron chi connectivity index (χ2n) is 2.88. The number of carbonyl (C=O) groups is 2. The van der Waals surface area contributed by atoms with Crippen LogP contribution in [0.3, 0.4) is 0 Å². The highest BCUT2D eigenvalue weighted by Gasteiger charge is 2.16. The molecule has 0 aliphatic carbocycles. The molecule has 84 valence electrons. The van der Waals surface area contributed by atoms with Crippen molar-refractivity contribution in [1.29, 1.82) is 0 Å². The molecule has 0 saturated carbocycles. The van der Waals surface area contributed by atoms with Crippen LogP contribution in [-0.4, -0.2) is 35.0 Å². The number of amides is 1. The molecule has 6 nitrogen and oxygen atoms in total. The minimum absolute atomic E-state index is 0. The Balaban J connectivity index is 0. The summed E-state index contributed by atoms with van der Waals surface area (Å²) in [6, 6.07) is -0.774. The van der Waals surface area contributed by atoms with E-state index in [9.17, 15) is 9.59 Å². The number of carboxylic acids is 1. The maximum absolute atomic E-state index is 10.6. The second kappa shape index (κ2) is 8.46. The van der Waals surface area contributed by atoms with Crippen molar-refractivity contribution in [3.05, 3.63) is 0 Å². The molecule has 0 saturated heterocycles. The number of carbonyl (C=O) groups excluding carboxylic acids is 1. The van der Waals surface area contributed by atoms with Gasteiger partial charge in [-0.3, -0.25) is 4.79 Å². The largest absolute Gasteiger partial charge is 0.480 e. The molecular weight excluding hydrogens is 188 g/mol. The first kappa shape index (κ1) is 15.3. The standard InChI is InChI=1S/C8H16N2O3.H2O/c1-6(11)10-7(8(12)13)4-2-3-5-9;/h7H,2-5,9H2,1H3,(H,10,11)(H,12,13);1H2/t7-;/m0./s1. The zero-order valence-corrected chi connectivity index (χ0v) is 8.25. The average molecular weight is 206 g/mol. The molecule has 0 aromatic carbocycles. The molecule has 6 N–H and O–H groups in total. The number of rotatable bonds is 6. The van der Waals surface area contributed by atoms with Crippen LogP contribution >= 0.6 is 0 Å². The van der Waals surface area contributed by atoms with Gasteiger partial charge in [0, 0.05) is 6.92 Å². The molecule has 14 heavy (non-hydrogen) atoms. The molecule has 1 atom stereocenters. The van der Waals surface area contributed by atoms with Crippen LogP contribution in [0.15, 0.2) is 0 Å². The fraction of sp³-hybridized carbons (Fsp3) is 0.750. The van der Waals surface area contributed by atoms with Gasteiger partial charge in [0.15, 0.2) is 0 Å². The molecule has 0 aliphatic heterocycles. The second-order valence-corrected chi connectivity index (χ2v) is 2.88. The minimum Gasteiger partial charge on any atom is -0.480 e. The van der Waals surface area contributed by atoms with E-state index in [1.807, 2.05) is 0 Å². The highest BCUT2D eigenvalue weighted by atomic mass is 16.4. The summed E-state index contributed by atoms with van der Waals surface area (Å²) < 4.78 is 0. The van der Waals surface area contributed by atoms with Crippen LogP contribution in [-0.2, 0) is 9.59 Å². The third-order valence-corrected chi connectivity index (χ3v) is 1.62. The summed E-state index contributed by atoms with van der Waals surface area (Å²) in [6.07, 6.45) is 1.93. The molecule has 1 amide bonds. The zero-order valence-electron chi connectivity index (χ0n) is 8.25. The summed E-state index contributed by atoms with van der Waals surface area (Å²) in [5, 5.41) is 11.0. The first-order valence-corrected chi connectivity index (χ1v) is 4.28. The molecule has 0 fully saturated rings. The third-order valence-electron chi connectivity index (χ3n) is 1.62. The van der Waals surface area contributed by atoms with Gasteiger partial charge in [-0.05, 0) is 25.8 Å². The Morgan fingerprint density at radius 1 is 1.43 bits per heavy atom. The van der Waals surface area contributed by atoms with Gasteiger partial charge in [0.1, 0.15) is 6.04 Å². The average Bonchev–Trinajstić information content (AvgIpc) is 2.02. The summed E-state index contributed by atoms with van der Waals surface area (Å²) in [6.45, 7) is 1.85. The topological polar surface area (TPSA) is 124 Å². The van der Waals surface area contributed by atoms with E-state index in [4.69, 9.17) is 10.8 Å². The van der Waals surface area contributed by atoms with Gasteiger partial charge in [-0.2, -0.15) is 0 Å². The van der Waals surface area contributed by atoms with Crippen molar-refractivity contribution in [2.45, 2.75) is 32.2 Å². The van der Waals surface area contributed by atoms with Crippen LogP contribution in [0.4, 0.5) is 0 Å². The van der Waals surface area contributed by atoms with Crippen molar-refractivity contribution in [3.63, 3.8) is 0 Å². The van der Waals surface area contributed by atoms with E-state index >= 15 is 0 Å². The van der Waals surface area contributed by atoms with E-state index in [0.717, 1.165) is 6.42 Å². The molecule has 0 radical (unpaired) electrons. The summed E-state index contributed by atoms with van der Waals surface area (Å²) >= 11 is 0. The number of nitrogens with two attached hydrogens (primary N) is 1. The maximum Gasteiger partial charge on any atom is 0.326 e. The molecular formula is C8H18N2O4. The van der Waals surface area contributed by atoms with Crippen LogP contribution in [0.5, 0.6) is 0 Å². The fourth-order valence-corrected chi connectivity index (χ4v) is 0.996. The number of aliphatic carboxylic acids is 1. The van der Waals surface area contributed by atoms with Crippen molar-refractivity contribution in [1.82, 2.24) is 5.32 Å². The molecule has 0 spiro atoms. The zero-order chi connectivity index (χ0) is 10.3. The van der Waals surface area contributed by atoms with Crippen molar-refractivity contribution < 1.29 is 20.2 Å². The smallest absolute Gasteiger partial charge is 0.326 e. The molecule has 0 bridgehead atoms. The SMILES string of the molecule is CC(=O)N[C@@H](CCCCN)C(=O)O.O. The highest BCUT2D eigenvalue weighted by Crippen LogP contribution is 2.00. The van der Waals surface area contributed by atoms with Crippen LogP contribution < -0.4 is 11.1 Å². The van der Waals surface area contributed by atoms with Crippen molar-refractivity contribution >= 4 is 11.9 Å². The van der Waals surface area contributed by atoms with Crippen LogP contribution in [0.2, 0.25) is 0 Å². The normalized spacial score (nSPS) is 11.3. The number of nitrogens with one attached hydrogen (secondary N) is 1. The Bertz CT molecular complexity index is 184. The quantitative estimate of drug-likeness (QED) is 0.476. The predicted molar refractivity (Wildman–Crippen MR) is 51.8 cm³/mol. The maximum atomic E-state index is 10.6. The van der Waals surface area contributed by atoms with Crippen LogP contribution in [0.25, 0.3) is 0 Å². The van der Waals surface area contributed by atoms with E-state index in [1.165, 1.54) is 6.92 Å². The Hall–Kier alpha value is -1.14. The Morgan fingerprint density at radius 2 is 2.00 bits per heavy atom. The summed E-state index contributed by atoms with van der Waals surface area (Å²) in [4.78, 5) is 21.2. The molecule has 0 aromatic rings. The van der Waals surface area contributed by atoms with Crippen LogP contribution in [0.1, 0.15) is 26.2 Å². The van der Waals surface area contributed by atoms with Gasteiger partial charge >= 0.3 is 5.97 Å². The van der Waals surface area contributed by atoms with Gasteiger partial charge in [0.05, 0.1) is 0 Å². The third kappa shape index (κ3) is 7.51. The lowest BCUT2D eigenvalue weighted by molar-refractivity contribution is -0.141. The predicted octanol–water partition coefficient (Wildman–Crippen LogP) is -1.12. The molecule has 6 heteroatoms. The molecule has 0 rings (SSSR count). The Labute approximate surface area is 82.8 Å². The van der Waals surface area contributed by atoms with E-state index in [1.54, 1.807) is 0 Å². The van der Waals surface area contributed by atoms with Crippen LogP contribution in [0, 0.1) is 0 Å². The minimum atomic E-state index is -0.993. The van der Waals surface area contributed by atoms with E-state index in [2.05, 4.69) is 5.32 Å². The van der Waals surface area contributed by atoms with Gasteiger partial charge in [-0.15, -0.1) is 0 Å². The first-order valence-electron chi connectivity index (χ1n) is 4.28. The summed E-state index contributed by atoms with van der Waals surface area (Å²) in [5.41, 5.74) is 5.26. The molecule has 0 aliphatic rings. The van der Waals surface area contributed by atoms with E-state index in [0.29, 0.717) is 19.4 Å². The van der Waals surface area contributed by atoms with Gasteiger partial charge in [-0.1, -0.05) is 0 Å². The highest BCUT2D eigenvalue weighted by molar-refractivity contribution is 5.81. The lowest BCUT2D eigenvalue weighted by atomic mass is 10.1. The van der Waals surface area contributed by atoms with E-state index in [-0.39, 0.29) is 11.4 Å².